The lowest BCUT2D eigenvalue weighted by Crippen LogP contribution is -2.13. The maximum absolute atomic E-state index is 13.6. The molecule has 3 rings (SSSR count). The summed E-state index contributed by atoms with van der Waals surface area (Å²) in [6, 6.07) is 4.53. The first-order chi connectivity index (χ1) is 13.5. The number of rotatable bonds is 4. The van der Waals surface area contributed by atoms with Crippen LogP contribution in [0.2, 0.25) is 0 Å². The molecule has 0 aliphatic heterocycles. The van der Waals surface area contributed by atoms with E-state index < -0.39 is 55.9 Å². The number of aromatic nitrogens is 2. The van der Waals surface area contributed by atoms with Gasteiger partial charge in [-0.1, -0.05) is 5.10 Å². The minimum atomic E-state index is -3.74. The van der Waals surface area contributed by atoms with Gasteiger partial charge in [-0.3, -0.25) is 0 Å². The van der Waals surface area contributed by atoms with Crippen molar-refractivity contribution in [3.8, 4) is 17.2 Å². The smallest absolute Gasteiger partial charge is 0.343 e. The number of esters is 1. The Hall–Kier alpha value is -3.35. The Balaban J connectivity index is 1.86. The summed E-state index contributed by atoms with van der Waals surface area (Å²) in [5.74, 6) is -14.9. The molecule has 13 heteroatoms. The zero-order valence-electron chi connectivity index (χ0n) is 14.0. The highest BCUT2D eigenvalue weighted by atomic mass is 32.2. The summed E-state index contributed by atoms with van der Waals surface area (Å²) >= 11 is 0. The molecule has 0 N–H and O–H groups in total. The van der Waals surface area contributed by atoms with E-state index in [4.69, 9.17) is 4.42 Å². The molecule has 7 nitrogen and oxygen atoms in total. The van der Waals surface area contributed by atoms with Crippen LogP contribution in [0.25, 0.3) is 11.5 Å². The number of hydrogen-bond donors (Lipinski definition) is 0. The highest BCUT2D eigenvalue weighted by Crippen LogP contribution is 2.30. The van der Waals surface area contributed by atoms with Crippen LogP contribution < -0.4 is 4.74 Å². The minimum absolute atomic E-state index is 0.181. The number of sulfone groups is 1. The lowest BCUT2D eigenvalue weighted by molar-refractivity contribution is 0.0716. The van der Waals surface area contributed by atoms with E-state index in [1.54, 1.807) is 0 Å². The number of ether oxygens (including phenoxy) is 1. The molecule has 0 radical (unpaired) electrons. The van der Waals surface area contributed by atoms with Gasteiger partial charge in [0.25, 0.3) is 0 Å². The van der Waals surface area contributed by atoms with E-state index in [1.807, 2.05) is 0 Å². The molecule has 3 aromatic rings. The summed E-state index contributed by atoms with van der Waals surface area (Å²) in [5, 5.41) is 6.22. The molecule has 0 unspecified atom stereocenters. The van der Waals surface area contributed by atoms with Crippen molar-refractivity contribution in [2.45, 2.75) is 5.22 Å². The molecule has 0 bridgehead atoms. The molecule has 2 aromatic carbocycles. The second kappa shape index (κ2) is 7.24. The second-order valence-corrected chi connectivity index (χ2v) is 7.40. The molecular formula is C16H7F5N2O5S. The molecule has 0 saturated carbocycles. The topological polar surface area (TPSA) is 99.4 Å². The molecule has 0 amide bonds. The molecule has 152 valence electrons. The van der Waals surface area contributed by atoms with Crippen molar-refractivity contribution in [3.05, 3.63) is 58.9 Å². The van der Waals surface area contributed by atoms with Crippen LogP contribution in [0.1, 0.15) is 10.4 Å². The third-order valence-corrected chi connectivity index (χ3v) is 4.25. The van der Waals surface area contributed by atoms with E-state index in [0.717, 1.165) is 18.4 Å². The lowest BCUT2D eigenvalue weighted by atomic mass is 10.1. The molecule has 1 aromatic heterocycles. The van der Waals surface area contributed by atoms with Gasteiger partial charge in [0, 0.05) is 11.8 Å². The largest absolute Gasteiger partial charge is 0.416 e. The third-order valence-electron chi connectivity index (χ3n) is 3.46. The monoisotopic (exact) mass is 434 g/mol. The summed E-state index contributed by atoms with van der Waals surface area (Å²) < 4.78 is 98.4. The first-order valence-corrected chi connectivity index (χ1v) is 9.27. The van der Waals surface area contributed by atoms with Gasteiger partial charge in [0.05, 0.1) is 5.56 Å². The molecule has 0 fully saturated rings. The summed E-state index contributed by atoms with van der Waals surface area (Å²) in [7, 11) is -3.74. The van der Waals surface area contributed by atoms with E-state index in [1.165, 1.54) is 12.1 Å². The standard InChI is InChI=1S/C16H7F5N2O5S/c1-29(25,26)16-23-22-14(28-16)6-2-4-7(5-3-6)15(24)27-13-11(20)9(18)8(17)10(19)12(13)21/h2-5H,1H3. The van der Waals surface area contributed by atoms with Gasteiger partial charge in [-0.25, -0.2) is 26.4 Å². The summed E-state index contributed by atoms with van der Waals surface area (Å²) in [6.07, 6.45) is 0.850. The maximum Gasteiger partial charge on any atom is 0.343 e. The summed E-state index contributed by atoms with van der Waals surface area (Å²) in [4.78, 5) is 12.0. The molecule has 0 aliphatic carbocycles. The van der Waals surface area contributed by atoms with Crippen molar-refractivity contribution >= 4 is 15.8 Å². The van der Waals surface area contributed by atoms with Crippen LogP contribution in [0.3, 0.4) is 0 Å². The first kappa shape index (κ1) is 20.4. The van der Waals surface area contributed by atoms with E-state index in [9.17, 15) is 35.2 Å². The highest BCUT2D eigenvalue weighted by molar-refractivity contribution is 7.90. The Labute approximate surface area is 158 Å². The predicted octanol–water partition coefficient (Wildman–Crippen LogP) is 3.05. The fraction of sp³-hybridized carbons (Fsp3) is 0.0625. The lowest BCUT2D eigenvalue weighted by Gasteiger charge is -2.09. The van der Waals surface area contributed by atoms with Gasteiger partial charge in [-0.05, 0) is 24.3 Å². The van der Waals surface area contributed by atoms with Gasteiger partial charge in [-0.15, -0.1) is 5.10 Å². The molecule has 0 aliphatic rings. The zero-order chi connectivity index (χ0) is 21.5. The molecule has 0 saturated heterocycles. The Morgan fingerprint density at radius 3 is 1.90 bits per heavy atom. The fourth-order valence-electron chi connectivity index (χ4n) is 2.05. The van der Waals surface area contributed by atoms with E-state index in [2.05, 4.69) is 14.9 Å². The Morgan fingerprint density at radius 2 is 1.41 bits per heavy atom. The number of halogens is 5. The van der Waals surface area contributed by atoms with E-state index in [-0.39, 0.29) is 17.0 Å². The van der Waals surface area contributed by atoms with E-state index >= 15 is 0 Å². The number of hydrogen-bond acceptors (Lipinski definition) is 7. The van der Waals surface area contributed by atoms with Crippen molar-refractivity contribution in [1.29, 1.82) is 0 Å². The van der Waals surface area contributed by atoms with Gasteiger partial charge in [0.15, 0.2) is 0 Å². The van der Waals surface area contributed by atoms with E-state index in [0.29, 0.717) is 0 Å². The van der Waals surface area contributed by atoms with Crippen LogP contribution in [-0.4, -0.2) is 30.8 Å². The number of benzene rings is 2. The summed E-state index contributed by atoms with van der Waals surface area (Å²) in [6.45, 7) is 0. The molecule has 1 heterocycles. The fourth-order valence-corrected chi connectivity index (χ4v) is 2.47. The summed E-state index contributed by atoms with van der Waals surface area (Å²) in [5.41, 5.74) is -0.138. The molecule has 0 spiro atoms. The number of nitrogens with zero attached hydrogens (tertiary/aromatic N) is 2. The SMILES string of the molecule is CS(=O)(=O)c1nnc(-c2ccc(C(=O)Oc3c(F)c(F)c(F)c(F)c3F)cc2)o1. The van der Waals surface area contributed by atoms with Gasteiger partial charge >= 0.3 is 11.2 Å². The maximum atomic E-state index is 13.6. The zero-order valence-corrected chi connectivity index (χ0v) is 14.9. The van der Waals surface area contributed by atoms with Crippen molar-refractivity contribution in [2.75, 3.05) is 6.26 Å². The first-order valence-electron chi connectivity index (χ1n) is 7.38. The van der Waals surface area contributed by atoms with Crippen LogP contribution >= 0.6 is 0 Å². The highest BCUT2D eigenvalue weighted by Gasteiger charge is 2.29. The second-order valence-electron chi connectivity index (χ2n) is 5.51. The van der Waals surface area contributed by atoms with Crippen LogP contribution in [-0.2, 0) is 9.84 Å². The normalized spacial score (nSPS) is 11.5. The third kappa shape index (κ3) is 3.81. The predicted molar refractivity (Wildman–Crippen MR) is 84.0 cm³/mol. The Morgan fingerprint density at radius 1 is 0.897 bits per heavy atom. The molecular weight excluding hydrogens is 427 g/mol. The average molecular weight is 434 g/mol. The molecule has 29 heavy (non-hydrogen) atoms. The van der Waals surface area contributed by atoms with Crippen LogP contribution in [0.4, 0.5) is 22.0 Å². The van der Waals surface area contributed by atoms with Crippen molar-refractivity contribution < 1.29 is 44.3 Å². The molecule has 0 atom stereocenters. The average Bonchev–Trinajstić information content (AvgIpc) is 3.19. The Bertz CT molecular complexity index is 1200. The van der Waals surface area contributed by atoms with Crippen LogP contribution in [0.15, 0.2) is 33.9 Å². The van der Waals surface area contributed by atoms with Crippen molar-refractivity contribution in [2.24, 2.45) is 0 Å². The van der Waals surface area contributed by atoms with Crippen molar-refractivity contribution in [1.82, 2.24) is 10.2 Å². The Kier molecular flexibility index (Phi) is 5.09. The van der Waals surface area contributed by atoms with Crippen LogP contribution in [0, 0.1) is 29.1 Å². The quantitative estimate of drug-likeness (QED) is 0.205. The van der Waals surface area contributed by atoms with Crippen molar-refractivity contribution in [3.63, 3.8) is 0 Å². The van der Waals surface area contributed by atoms with Gasteiger partial charge in [0.1, 0.15) is 0 Å². The van der Waals surface area contributed by atoms with Gasteiger partial charge < -0.3 is 9.15 Å². The van der Waals surface area contributed by atoms with Crippen LogP contribution in [0.5, 0.6) is 5.75 Å². The number of carbonyl (C=O) groups is 1. The van der Waals surface area contributed by atoms with Gasteiger partial charge in [0.2, 0.25) is 50.6 Å². The van der Waals surface area contributed by atoms with Gasteiger partial charge in [-0.2, -0.15) is 8.78 Å². The number of carbonyl (C=O) groups excluding carboxylic acids is 1. The minimum Gasteiger partial charge on any atom is -0.416 e.